The fourth-order valence-corrected chi connectivity index (χ4v) is 11.5. The molecule has 4 nitrogen and oxygen atoms in total. The van der Waals surface area contributed by atoms with E-state index in [1.165, 1.54) is 0 Å². The molecule has 5 radical (unpaired) electrons. The first-order chi connectivity index (χ1) is 7.12. The second-order valence-corrected chi connectivity index (χ2v) is 21.2. The number of hydrogen-bond donors (Lipinski definition) is 1. The fourth-order valence-electron chi connectivity index (χ4n) is 1.15. The second kappa shape index (κ2) is 17.0. The molecular formula is C9H26O4Si4Y5-2. The van der Waals surface area contributed by atoms with Gasteiger partial charge in [0.15, 0.2) is 8.32 Å². The summed E-state index contributed by atoms with van der Waals surface area (Å²) in [5.74, 6) is 0. The van der Waals surface area contributed by atoms with Gasteiger partial charge in [0.1, 0.15) is 0 Å². The molecule has 0 fully saturated rings. The molecule has 0 spiro atoms. The molecule has 0 unspecified atom stereocenters. The van der Waals surface area contributed by atoms with Gasteiger partial charge in [-0.1, -0.05) is 26.2 Å². The maximum Gasteiger partial charge on any atom is 0.641 e. The van der Waals surface area contributed by atoms with Gasteiger partial charge in [-0.25, -0.2) is 0 Å². The van der Waals surface area contributed by atoms with Gasteiger partial charge in [0.05, 0.1) is 0 Å². The van der Waals surface area contributed by atoms with Crippen LogP contribution in [0.3, 0.4) is 0 Å². The summed E-state index contributed by atoms with van der Waals surface area (Å²) in [6.45, 7) is 21.5. The van der Waals surface area contributed by atoms with Gasteiger partial charge in [0.2, 0.25) is 0 Å². The molecule has 0 aliphatic rings. The van der Waals surface area contributed by atoms with Crippen LogP contribution in [0.15, 0.2) is 0 Å². The average molecular weight is 755 g/mol. The third kappa shape index (κ3) is 28.4. The Morgan fingerprint density at radius 3 is 0.955 bits per heavy atom. The zero-order chi connectivity index (χ0) is 14.1. The predicted octanol–water partition coefficient (Wildman–Crippen LogP) is 2.44. The molecule has 119 valence electrons. The quantitative estimate of drug-likeness (QED) is 0.335. The van der Waals surface area contributed by atoms with Gasteiger partial charge < -0.3 is 30.2 Å². The fraction of sp³-hybridized carbons (Fsp3) is 0.778. The Balaban J connectivity index is -0.000000128. The topological polar surface area (TPSA) is 47.9 Å². The Labute approximate surface area is 267 Å². The van der Waals surface area contributed by atoms with E-state index in [1.807, 2.05) is 45.8 Å². The molecule has 0 atom stereocenters. The molecule has 0 rings (SSSR count). The molecule has 13 heteroatoms. The average Bonchev–Trinajstić information content (AvgIpc) is 1.65. The first-order valence-corrected chi connectivity index (χ1v) is 17.0. The minimum Gasteiger partial charge on any atom is -0.423 e. The first-order valence-electron chi connectivity index (χ1n) is 5.66. The van der Waals surface area contributed by atoms with Crippen molar-refractivity contribution in [3.8, 4) is 0 Å². The van der Waals surface area contributed by atoms with Crippen LogP contribution in [0.25, 0.3) is 0 Å². The molecule has 0 aromatic rings. The summed E-state index contributed by atoms with van der Waals surface area (Å²) in [6, 6.07) is 0. The molecule has 0 saturated heterocycles. The maximum atomic E-state index is 10.5. The molecule has 0 aliphatic carbocycles. The molecule has 0 bridgehead atoms. The van der Waals surface area contributed by atoms with Crippen LogP contribution in [-0.4, -0.2) is 38.8 Å². The van der Waals surface area contributed by atoms with Crippen LogP contribution in [0.4, 0.5) is 0 Å². The van der Waals surface area contributed by atoms with Crippen LogP contribution in [0.5, 0.6) is 0 Å². The Hall–Kier alpha value is 6.23. The summed E-state index contributed by atoms with van der Waals surface area (Å²) in [4.78, 5) is 10.5. The SMILES string of the molecule is [CH2-][Si](C)(C)O[Si](O)(O[Si]([CH2-])(C)C)O[Si](C)(C)C.[Y].[Y].[Y].[Y].[Y]. The van der Waals surface area contributed by atoms with Gasteiger partial charge in [0.25, 0.3) is 0 Å². The number of rotatable bonds is 6. The molecule has 1 N–H and O–H groups in total. The molecular weight excluding hydrogens is 729 g/mol. The van der Waals surface area contributed by atoms with E-state index in [4.69, 9.17) is 12.3 Å². The predicted molar refractivity (Wildman–Crippen MR) is 80.3 cm³/mol. The van der Waals surface area contributed by atoms with Crippen LogP contribution in [0, 0.1) is 13.1 Å². The molecule has 0 saturated carbocycles. The van der Waals surface area contributed by atoms with E-state index in [9.17, 15) is 4.80 Å². The largest absolute Gasteiger partial charge is 0.641 e. The normalized spacial score (nSPS) is 11.7. The molecule has 0 aromatic carbocycles. The van der Waals surface area contributed by atoms with Crippen LogP contribution < -0.4 is 0 Å². The summed E-state index contributed by atoms with van der Waals surface area (Å²) in [7, 11) is -9.86. The summed E-state index contributed by atoms with van der Waals surface area (Å²) in [5, 5.41) is 0. The van der Waals surface area contributed by atoms with E-state index >= 15 is 0 Å². The van der Waals surface area contributed by atoms with Crippen LogP contribution in [-0.2, 0) is 176 Å². The summed E-state index contributed by atoms with van der Waals surface area (Å²) < 4.78 is 17.1. The van der Waals surface area contributed by atoms with E-state index in [1.54, 1.807) is 0 Å². The third-order valence-corrected chi connectivity index (χ3v) is 11.2. The monoisotopic (exact) mass is 755 g/mol. The van der Waals surface area contributed by atoms with Crippen molar-refractivity contribution in [3.05, 3.63) is 13.1 Å². The van der Waals surface area contributed by atoms with Gasteiger partial charge in [-0.15, -0.1) is 0 Å². The van der Waals surface area contributed by atoms with Crippen molar-refractivity contribution in [3.63, 3.8) is 0 Å². The van der Waals surface area contributed by atoms with E-state index in [2.05, 4.69) is 13.1 Å². The number of hydrogen-bond acceptors (Lipinski definition) is 4. The van der Waals surface area contributed by atoms with E-state index in [0.29, 0.717) is 0 Å². The standard InChI is InChI=1S/C9H26O4Si4.5Y/c1-14(2,3)11-17(10,12-15(4,5)6)13-16(7,8)9;;;;;/h10H,1,4H2,2-3,5-9H3;;;;;/q-2;;;;;. The molecule has 0 heterocycles. The Bertz CT molecular complexity index is 227. The van der Waals surface area contributed by atoms with Crippen molar-refractivity contribution in [1.82, 2.24) is 0 Å². The van der Waals surface area contributed by atoms with Crippen LogP contribution in [0.1, 0.15) is 0 Å². The zero-order valence-electron chi connectivity index (χ0n) is 15.0. The molecule has 0 amide bonds. The Kier molecular flexibility index (Phi) is 32.7. The third-order valence-electron chi connectivity index (χ3n) is 1.25. The van der Waals surface area contributed by atoms with Gasteiger partial charge in [-0.2, -0.15) is 0 Å². The summed E-state index contributed by atoms with van der Waals surface area (Å²) in [5.41, 5.74) is 0. The van der Waals surface area contributed by atoms with E-state index < -0.39 is 34.0 Å². The van der Waals surface area contributed by atoms with Gasteiger partial charge in [0, 0.05) is 180 Å². The van der Waals surface area contributed by atoms with Gasteiger partial charge in [-0.3, -0.25) is 0 Å². The summed E-state index contributed by atoms with van der Waals surface area (Å²) in [6.07, 6.45) is 0. The van der Waals surface area contributed by atoms with Crippen molar-refractivity contribution < 1.29 is 181 Å². The molecule has 22 heavy (non-hydrogen) atoms. The Morgan fingerprint density at radius 1 is 0.591 bits per heavy atom. The van der Waals surface area contributed by atoms with Crippen molar-refractivity contribution >= 4 is 34.0 Å². The van der Waals surface area contributed by atoms with Gasteiger partial charge >= 0.3 is 9.05 Å². The summed E-state index contributed by atoms with van der Waals surface area (Å²) >= 11 is 0. The van der Waals surface area contributed by atoms with Crippen molar-refractivity contribution in [1.29, 1.82) is 0 Å². The Morgan fingerprint density at radius 2 is 0.818 bits per heavy atom. The van der Waals surface area contributed by atoms with Gasteiger partial charge in [-0.05, 0) is 19.6 Å². The van der Waals surface area contributed by atoms with Crippen molar-refractivity contribution in [2.75, 3.05) is 0 Å². The molecule has 0 aliphatic heterocycles. The second-order valence-electron chi connectivity index (χ2n) is 6.46. The first kappa shape index (κ1) is 42.4. The maximum absolute atomic E-state index is 10.5. The van der Waals surface area contributed by atoms with Crippen molar-refractivity contribution in [2.24, 2.45) is 0 Å². The van der Waals surface area contributed by atoms with E-state index in [-0.39, 0.29) is 164 Å². The minimum atomic E-state index is -3.60. The minimum absolute atomic E-state index is 0. The molecule has 0 aromatic heterocycles. The van der Waals surface area contributed by atoms with Crippen LogP contribution in [0.2, 0.25) is 45.8 Å². The van der Waals surface area contributed by atoms with Crippen molar-refractivity contribution in [2.45, 2.75) is 45.8 Å². The van der Waals surface area contributed by atoms with E-state index in [0.717, 1.165) is 0 Å². The smallest absolute Gasteiger partial charge is 0.423 e. The zero-order valence-corrected chi connectivity index (χ0v) is 33.2. The van der Waals surface area contributed by atoms with Crippen LogP contribution >= 0.6 is 0 Å².